The smallest absolute Gasteiger partial charge is 0.251 e. The molecule has 0 aliphatic carbocycles. The third-order valence-electron chi connectivity index (χ3n) is 3.96. The molecule has 3 heterocycles. The summed E-state index contributed by atoms with van der Waals surface area (Å²) in [4.78, 5) is 13.0. The van der Waals surface area contributed by atoms with Crippen LogP contribution in [0.1, 0.15) is 30.0 Å². The van der Waals surface area contributed by atoms with Crippen LogP contribution in [-0.4, -0.2) is 36.5 Å². The molecule has 0 aliphatic rings. The lowest BCUT2D eigenvalue weighted by molar-refractivity contribution is 0.576. The maximum Gasteiger partial charge on any atom is 0.251 e. The van der Waals surface area contributed by atoms with Crippen LogP contribution in [0.4, 0.5) is 5.13 Å². The van der Waals surface area contributed by atoms with E-state index in [1.165, 1.54) is 11.3 Å². The van der Waals surface area contributed by atoms with Crippen molar-refractivity contribution in [3.63, 3.8) is 0 Å². The first-order valence-electron chi connectivity index (χ1n) is 9.00. The summed E-state index contributed by atoms with van der Waals surface area (Å²) in [5, 5.41) is 6.94. The number of aromatic nitrogens is 3. The molecular formula is C18H23N5O2S3. The molecule has 3 aromatic heterocycles. The number of aryl methyl sites for hydroxylation is 2. The molecule has 3 aromatic rings. The van der Waals surface area contributed by atoms with Gasteiger partial charge >= 0.3 is 0 Å². The van der Waals surface area contributed by atoms with Gasteiger partial charge in [0.2, 0.25) is 0 Å². The van der Waals surface area contributed by atoms with Crippen molar-refractivity contribution in [2.24, 2.45) is 0 Å². The van der Waals surface area contributed by atoms with Gasteiger partial charge < -0.3 is 5.32 Å². The first-order chi connectivity index (χ1) is 13.5. The van der Waals surface area contributed by atoms with E-state index >= 15 is 0 Å². The molecule has 0 atom stereocenters. The van der Waals surface area contributed by atoms with Crippen molar-refractivity contribution >= 4 is 37.8 Å². The molecule has 0 aromatic carbocycles. The van der Waals surface area contributed by atoms with Crippen LogP contribution in [0.2, 0.25) is 0 Å². The third kappa shape index (κ3) is 5.57. The number of hydrogen-bond acceptors (Lipinski definition) is 8. The second-order valence-corrected chi connectivity index (χ2v) is 10.3. The standard InChI is InChI=1S/C18H23N5O2S3/c1-13-17(27-14(2)22-13)28(24,25)21-11-6-3-5-10-20-18-23-16(12-26-18)15-8-4-7-9-19-15/h4,7-9,12,21H,3,5-6,10-11H2,1-2H3,(H,20,23). The molecule has 0 spiro atoms. The van der Waals surface area contributed by atoms with Crippen LogP contribution in [0.15, 0.2) is 34.0 Å². The first-order valence-corrected chi connectivity index (χ1v) is 12.2. The monoisotopic (exact) mass is 437 g/mol. The average Bonchev–Trinajstić information content (AvgIpc) is 3.28. The third-order valence-corrected chi connectivity index (χ3v) is 7.90. The number of nitrogens with zero attached hydrogens (tertiary/aromatic N) is 3. The maximum absolute atomic E-state index is 12.3. The molecule has 0 radical (unpaired) electrons. The Morgan fingerprint density at radius 3 is 2.57 bits per heavy atom. The van der Waals surface area contributed by atoms with Crippen molar-refractivity contribution in [2.75, 3.05) is 18.4 Å². The highest BCUT2D eigenvalue weighted by atomic mass is 32.2. The molecule has 0 aliphatic heterocycles. The molecule has 10 heteroatoms. The Balaban J connectivity index is 1.35. The average molecular weight is 438 g/mol. The quantitative estimate of drug-likeness (QED) is 0.468. The fourth-order valence-corrected chi connectivity index (χ4v) is 5.98. The van der Waals surface area contributed by atoms with Gasteiger partial charge in [-0.05, 0) is 38.8 Å². The molecule has 28 heavy (non-hydrogen) atoms. The molecule has 0 fully saturated rings. The molecule has 3 rings (SSSR count). The highest BCUT2D eigenvalue weighted by Crippen LogP contribution is 2.23. The number of unbranched alkanes of at least 4 members (excludes halogenated alkanes) is 2. The lowest BCUT2D eigenvalue weighted by Crippen LogP contribution is -2.24. The molecule has 150 valence electrons. The van der Waals surface area contributed by atoms with Gasteiger partial charge in [-0.1, -0.05) is 12.5 Å². The summed E-state index contributed by atoms with van der Waals surface area (Å²) in [7, 11) is -3.45. The summed E-state index contributed by atoms with van der Waals surface area (Å²) in [5.74, 6) is 0. The zero-order chi connectivity index (χ0) is 20.0. The van der Waals surface area contributed by atoms with Crippen molar-refractivity contribution < 1.29 is 8.42 Å². The van der Waals surface area contributed by atoms with E-state index in [2.05, 4.69) is 25.0 Å². The highest BCUT2D eigenvalue weighted by molar-refractivity contribution is 7.91. The predicted molar refractivity (Wildman–Crippen MR) is 114 cm³/mol. The van der Waals surface area contributed by atoms with E-state index in [-0.39, 0.29) is 0 Å². The van der Waals surface area contributed by atoms with E-state index in [1.54, 1.807) is 24.5 Å². The van der Waals surface area contributed by atoms with Gasteiger partial charge in [0.05, 0.1) is 16.4 Å². The van der Waals surface area contributed by atoms with Crippen LogP contribution >= 0.6 is 22.7 Å². The van der Waals surface area contributed by atoms with Crippen molar-refractivity contribution in [3.05, 3.63) is 40.5 Å². The molecule has 0 unspecified atom stereocenters. The zero-order valence-corrected chi connectivity index (χ0v) is 18.3. The van der Waals surface area contributed by atoms with E-state index in [1.807, 2.05) is 30.5 Å². The molecule has 0 amide bonds. The molecule has 7 nitrogen and oxygen atoms in total. The Kier molecular flexibility index (Phi) is 7.11. The van der Waals surface area contributed by atoms with Crippen LogP contribution < -0.4 is 10.0 Å². The number of nitrogens with one attached hydrogen (secondary N) is 2. The summed E-state index contributed by atoms with van der Waals surface area (Å²) in [6.45, 7) is 4.77. The second kappa shape index (κ2) is 9.55. The van der Waals surface area contributed by atoms with Gasteiger partial charge in [-0.15, -0.1) is 22.7 Å². The Morgan fingerprint density at radius 1 is 1.04 bits per heavy atom. The normalized spacial score (nSPS) is 11.6. The SMILES string of the molecule is Cc1nc(C)c(S(=O)(=O)NCCCCCNc2nc(-c3ccccn3)cs2)s1. The van der Waals surface area contributed by atoms with E-state index in [0.29, 0.717) is 16.4 Å². The minimum Gasteiger partial charge on any atom is -0.362 e. The Hall–Kier alpha value is -1.88. The summed E-state index contributed by atoms with van der Waals surface area (Å²) >= 11 is 2.77. The topological polar surface area (TPSA) is 96.9 Å². The van der Waals surface area contributed by atoms with Gasteiger partial charge in [-0.2, -0.15) is 0 Å². The highest BCUT2D eigenvalue weighted by Gasteiger charge is 2.19. The van der Waals surface area contributed by atoms with E-state index in [4.69, 9.17) is 0 Å². The first kappa shape index (κ1) is 20.8. The van der Waals surface area contributed by atoms with Crippen molar-refractivity contribution in [3.8, 4) is 11.4 Å². The number of thiazole rings is 2. The molecular weight excluding hydrogens is 414 g/mol. The molecule has 0 bridgehead atoms. The molecule has 2 N–H and O–H groups in total. The van der Waals surface area contributed by atoms with Crippen LogP contribution in [0.3, 0.4) is 0 Å². The van der Waals surface area contributed by atoms with Crippen molar-refractivity contribution in [1.29, 1.82) is 0 Å². The van der Waals surface area contributed by atoms with Gasteiger partial charge in [0.25, 0.3) is 10.0 Å². The van der Waals surface area contributed by atoms with E-state index in [9.17, 15) is 8.42 Å². The van der Waals surface area contributed by atoms with Gasteiger partial charge in [0.1, 0.15) is 5.69 Å². The number of rotatable bonds is 10. The number of pyridine rings is 1. The largest absolute Gasteiger partial charge is 0.362 e. The number of hydrogen-bond donors (Lipinski definition) is 2. The van der Waals surface area contributed by atoms with Crippen LogP contribution in [0, 0.1) is 13.8 Å². The Bertz CT molecular complexity index is 999. The molecule has 0 saturated heterocycles. The summed E-state index contributed by atoms with van der Waals surface area (Å²) < 4.78 is 27.6. The van der Waals surface area contributed by atoms with Crippen LogP contribution in [-0.2, 0) is 10.0 Å². The van der Waals surface area contributed by atoms with Gasteiger partial charge in [0.15, 0.2) is 9.34 Å². The fraction of sp³-hybridized carbons (Fsp3) is 0.389. The lowest BCUT2D eigenvalue weighted by atomic mass is 10.2. The maximum atomic E-state index is 12.3. The Labute approximate surface area is 173 Å². The molecule has 0 saturated carbocycles. The van der Waals surface area contributed by atoms with Gasteiger partial charge in [-0.25, -0.2) is 23.1 Å². The summed E-state index contributed by atoms with van der Waals surface area (Å²) in [6.07, 6.45) is 4.41. The van der Waals surface area contributed by atoms with E-state index < -0.39 is 10.0 Å². The second-order valence-electron chi connectivity index (χ2n) is 6.24. The number of anilines is 1. The lowest BCUT2D eigenvalue weighted by Gasteiger charge is -2.06. The summed E-state index contributed by atoms with van der Waals surface area (Å²) in [6, 6.07) is 5.77. The minimum absolute atomic E-state index is 0.319. The van der Waals surface area contributed by atoms with E-state index in [0.717, 1.165) is 47.3 Å². The van der Waals surface area contributed by atoms with Crippen LogP contribution in [0.5, 0.6) is 0 Å². The predicted octanol–water partition coefficient (Wildman–Crippen LogP) is 3.84. The minimum atomic E-state index is -3.45. The Morgan fingerprint density at radius 2 is 1.86 bits per heavy atom. The summed E-state index contributed by atoms with van der Waals surface area (Å²) in [5.41, 5.74) is 2.30. The van der Waals surface area contributed by atoms with Crippen molar-refractivity contribution in [2.45, 2.75) is 37.3 Å². The van der Waals surface area contributed by atoms with Crippen LogP contribution in [0.25, 0.3) is 11.4 Å². The number of sulfonamides is 1. The van der Waals surface area contributed by atoms with Gasteiger partial charge in [-0.3, -0.25) is 4.98 Å². The fourth-order valence-electron chi connectivity index (χ4n) is 2.64. The van der Waals surface area contributed by atoms with Gasteiger partial charge in [0, 0.05) is 24.7 Å². The zero-order valence-electron chi connectivity index (χ0n) is 15.8. The van der Waals surface area contributed by atoms with Crippen molar-refractivity contribution in [1.82, 2.24) is 19.7 Å².